The maximum Gasteiger partial charge on any atom is 0.158 e. The molecular formula is C11H14N4O. The highest BCUT2D eigenvalue weighted by atomic mass is 16.5. The quantitative estimate of drug-likeness (QED) is 0.825. The van der Waals surface area contributed by atoms with E-state index in [-0.39, 0.29) is 0 Å². The van der Waals surface area contributed by atoms with Gasteiger partial charge in [0.15, 0.2) is 5.69 Å². The molecule has 0 aromatic carbocycles. The summed E-state index contributed by atoms with van der Waals surface area (Å²) in [6, 6.07) is 1.94. The molecule has 0 aliphatic carbocycles. The molecule has 1 saturated heterocycles. The molecule has 84 valence electrons. The third kappa shape index (κ3) is 2.91. The molecule has 1 aromatic rings. The average molecular weight is 218 g/mol. The molecule has 0 unspecified atom stereocenters. The lowest BCUT2D eigenvalue weighted by Crippen LogP contribution is -2.22. The van der Waals surface area contributed by atoms with E-state index < -0.39 is 0 Å². The molecule has 1 N–H and O–H groups in total. The maximum absolute atomic E-state index is 8.58. The van der Waals surface area contributed by atoms with Crippen LogP contribution in [-0.4, -0.2) is 29.7 Å². The predicted octanol–water partition coefficient (Wildman–Crippen LogP) is 1.19. The van der Waals surface area contributed by atoms with Crippen molar-refractivity contribution in [2.24, 2.45) is 5.92 Å². The zero-order valence-electron chi connectivity index (χ0n) is 9.02. The monoisotopic (exact) mass is 218 g/mol. The first kappa shape index (κ1) is 10.8. The van der Waals surface area contributed by atoms with E-state index in [1.54, 1.807) is 6.20 Å². The van der Waals surface area contributed by atoms with Crippen LogP contribution >= 0.6 is 0 Å². The summed E-state index contributed by atoms with van der Waals surface area (Å²) < 4.78 is 5.29. The van der Waals surface area contributed by atoms with Crippen molar-refractivity contribution in [1.29, 1.82) is 5.26 Å². The summed E-state index contributed by atoms with van der Waals surface area (Å²) >= 11 is 0. The lowest BCUT2D eigenvalue weighted by atomic mass is 10.0. The Bertz CT molecular complexity index is 365. The lowest BCUT2D eigenvalue weighted by molar-refractivity contribution is 0.0699. The number of hydrogen-bond donors (Lipinski definition) is 1. The largest absolute Gasteiger partial charge is 0.381 e. The summed E-state index contributed by atoms with van der Waals surface area (Å²) in [7, 11) is 0. The first-order chi connectivity index (χ1) is 7.88. The molecule has 1 fully saturated rings. The Hall–Kier alpha value is -1.67. The third-order valence-corrected chi connectivity index (χ3v) is 2.68. The molecule has 1 aromatic heterocycles. The zero-order chi connectivity index (χ0) is 11.2. The highest BCUT2D eigenvalue weighted by Gasteiger charge is 2.13. The van der Waals surface area contributed by atoms with Crippen molar-refractivity contribution in [3.8, 4) is 6.07 Å². The molecular weight excluding hydrogens is 204 g/mol. The van der Waals surface area contributed by atoms with Crippen LogP contribution in [0, 0.1) is 17.2 Å². The fraction of sp³-hybridized carbons (Fsp3) is 0.545. The van der Waals surface area contributed by atoms with Crippen molar-refractivity contribution in [2.75, 3.05) is 25.1 Å². The zero-order valence-corrected chi connectivity index (χ0v) is 9.02. The molecule has 0 atom stereocenters. The number of hydrogen-bond acceptors (Lipinski definition) is 5. The summed E-state index contributed by atoms with van der Waals surface area (Å²) in [5, 5.41) is 11.8. The minimum absolute atomic E-state index is 0.344. The number of rotatable bonds is 3. The Morgan fingerprint density at radius 3 is 2.81 bits per heavy atom. The average Bonchev–Trinajstić information content (AvgIpc) is 2.38. The van der Waals surface area contributed by atoms with Crippen LogP contribution in [0.4, 0.5) is 5.82 Å². The molecule has 16 heavy (non-hydrogen) atoms. The molecule has 1 aliphatic heterocycles. The van der Waals surface area contributed by atoms with Crippen LogP contribution in [0.5, 0.6) is 0 Å². The number of aromatic nitrogens is 2. The van der Waals surface area contributed by atoms with Crippen molar-refractivity contribution in [3.05, 3.63) is 18.1 Å². The van der Waals surface area contributed by atoms with Gasteiger partial charge in [0.25, 0.3) is 0 Å². The second kappa shape index (κ2) is 5.42. The van der Waals surface area contributed by atoms with Crippen molar-refractivity contribution in [2.45, 2.75) is 12.8 Å². The van der Waals surface area contributed by atoms with Gasteiger partial charge in [-0.2, -0.15) is 5.26 Å². The van der Waals surface area contributed by atoms with Crippen LogP contribution in [0.3, 0.4) is 0 Å². The van der Waals surface area contributed by atoms with E-state index in [2.05, 4.69) is 15.3 Å². The molecule has 5 heteroatoms. The Balaban J connectivity index is 1.82. The van der Waals surface area contributed by atoms with Crippen LogP contribution in [0.1, 0.15) is 18.5 Å². The van der Waals surface area contributed by atoms with Gasteiger partial charge in [-0.15, -0.1) is 0 Å². The minimum Gasteiger partial charge on any atom is -0.381 e. The molecule has 0 bridgehead atoms. The van der Waals surface area contributed by atoms with E-state index in [0.717, 1.165) is 38.4 Å². The van der Waals surface area contributed by atoms with Gasteiger partial charge in [-0.3, -0.25) is 0 Å². The highest BCUT2D eigenvalue weighted by Crippen LogP contribution is 2.14. The van der Waals surface area contributed by atoms with Gasteiger partial charge < -0.3 is 10.1 Å². The second-order valence-electron chi connectivity index (χ2n) is 3.84. The van der Waals surface area contributed by atoms with Crippen molar-refractivity contribution in [3.63, 3.8) is 0 Å². The summed E-state index contributed by atoms with van der Waals surface area (Å²) in [5.74, 6) is 1.37. The van der Waals surface area contributed by atoms with Crippen LogP contribution in [0.2, 0.25) is 0 Å². The van der Waals surface area contributed by atoms with E-state index in [0.29, 0.717) is 11.6 Å². The van der Waals surface area contributed by atoms with E-state index in [1.165, 1.54) is 6.20 Å². The van der Waals surface area contributed by atoms with Crippen LogP contribution in [0.25, 0.3) is 0 Å². The fourth-order valence-corrected chi connectivity index (χ4v) is 1.68. The molecule has 0 saturated carbocycles. The fourth-order valence-electron chi connectivity index (χ4n) is 1.68. The molecule has 0 spiro atoms. The standard InChI is InChI=1S/C11H14N4O/c12-5-10-7-15-11(8-13-10)14-6-9-1-3-16-4-2-9/h7-9H,1-4,6H2,(H,14,15). The van der Waals surface area contributed by atoms with Gasteiger partial charge in [0.05, 0.1) is 12.4 Å². The molecule has 1 aliphatic rings. The first-order valence-electron chi connectivity index (χ1n) is 5.42. The van der Waals surface area contributed by atoms with E-state index >= 15 is 0 Å². The first-order valence-corrected chi connectivity index (χ1v) is 5.42. The minimum atomic E-state index is 0.344. The number of nitrogens with zero attached hydrogens (tertiary/aromatic N) is 3. The molecule has 0 amide bonds. The predicted molar refractivity (Wildman–Crippen MR) is 58.8 cm³/mol. The van der Waals surface area contributed by atoms with Crippen LogP contribution in [0.15, 0.2) is 12.4 Å². The number of nitriles is 1. The Morgan fingerprint density at radius 1 is 1.38 bits per heavy atom. The Kier molecular flexibility index (Phi) is 3.67. The normalized spacial score (nSPS) is 16.7. The van der Waals surface area contributed by atoms with Gasteiger partial charge in [0.1, 0.15) is 11.9 Å². The van der Waals surface area contributed by atoms with Gasteiger partial charge in [0, 0.05) is 19.8 Å². The lowest BCUT2D eigenvalue weighted by Gasteiger charge is -2.22. The molecule has 5 nitrogen and oxygen atoms in total. The van der Waals surface area contributed by atoms with Gasteiger partial charge >= 0.3 is 0 Å². The Labute approximate surface area is 94.5 Å². The van der Waals surface area contributed by atoms with Gasteiger partial charge in [0.2, 0.25) is 0 Å². The summed E-state index contributed by atoms with van der Waals surface area (Å²) in [5.41, 5.74) is 0.344. The topological polar surface area (TPSA) is 70.8 Å². The highest BCUT2D eigenvalue weighted by molar-refractivity contribution is 5.33. The van der Waals surface area contributed by atoms with Gasteiger partial charge in [-0.1, -0.05) is 0 Å². The SMILES string of the molecule is N#Cc1cnc(NCC2CCOCC2)cn1. The van der Waals surface area contributed by atoms with E-state index in [1.807, 2.05) is 6.07 Å². The van der Waals surface area contributed by atoms with Crippen molar-refractivity contribution < 1.29 is 4.74 Å². The van der Waals surface area contributed by atoms with Gasteiger partial charge in [-0.25, -0.2) is 9.97 Å². The maximum atomic E-state index is 8.58. The van der Waals surface area contributed by atoms with E-state index in [9.17, 15) is 0 Å². The molecule has 0 radical (unpaired) electrons. The third-order valence-electron chi connectivity index (χ3n) is 2.68. The van der Waals surface area contributed by atoms with Crippen LogP contribution in [-0.2, 0) is 4.74 Å². The number of ether oxygens (including phenoxy) is 1. The van der Waals surface area contributed by atoms with Crippen molar-refractivity contribution in [1.82, 2.24) is 9.97 Å². The molecule has 2 heterocycles. The number of nitrogens with one attached hydrogen (secondary N) is 1. The summed E-state index contributed by atoms with van der Waals surface area (Å²) in [6.45, 7) is 2.60. The molecule has 2 rings (SSSR count). The summed E-state index contributed by atoms with van der Waals surface area (Å²) in [4.78, 5) is 8.06. The second-order valence-corrected chi connectivity index (χ2v) is 3.84. The summed E-state index contributed by atoms with van der Waals surface area (Å²) in [6.07, 6.45) is 5.26. The van der Waals surface area contributed by atoms with Crippen LogP contribution < -0.4 is 5.32 Å². The number of anilines is 1. The van der Waals surface area contributed by atoms with Gasteiger partial charge in [-0.05, 0) is 18.8 Å². The smallest absolute Gasteiger partial charge is 0.158 e. The van der Waals surface area contributed by atoms with Crippen molar-refractivity contribution >= 4 is 5.82 Å². The Morgan fingerprint density at radius 2 is 2.19 bits per heavy atom. The van der Waals surface area contributed by atoms with E-state index in [4.69, 9.17) is 10.00 Å².